The van der Waals surface area contributed by atoms with Crippen molar-refractivity contribution in [3.63, 3.8) is 0 Å². The maximum Gasteiger partial charge on any atom is 0.253 e. The van der Waals surface area contributed by atoms with Crippen LogP contribution in [0, 0.1) is 11.8 Å². The Hall–Kier alpha value is -1.48. The molecule has 3 aliphatic rings. The summed E-state index contributed by atoms with van der Waals surface area (Å²) in [6.45, 7) is 7.95. The molecular formula is C19H27N3O4S. The van der Waals surface area contributed by atoms with Crippen molar-refractivity contribution in [1.29, 1.82) is 0 Å². The van der Waals surface area contributed by atoms with Crippen molar-refractivity contribution >= 4 is 15.9 Å². The van der Waals surface area contributed by atoms with E-state index in [0.717, 1.165) is 26.2 Å². The monoisotopic (exact) mass is 393 g/mol. The van der Waals surface area contributed by atoms with Crippen molar-refractivity contribution in [2.24, 2.45) is 11.8 Å². The average Bonchev–Trinajstić information content (AvgIpc) is 3.22. The van der Waals surface area contributed by atoms with Crippen LogP contribution in [0.3, 0.4) is 0 Å². The number of sulfonamides is 1. The third kappa shape index (κ3) is 3.63. The maximum atomic E-state index is 12.9. The molecule has 0 radical (unpaired) electrons. The molecule has 1 amide bonds. The number of nitrogens with zero attached hydrogens (tertiary/aromatic N) is 2. The summed E-state index contributed by atoms with van der Waals surface area (Å²) < 4.78 is 32.9. The van der Waals surface area contributed by atoms with E-state index in [0.29, 0.717) is 30.5 Å². The predicted octanol–water partition coefficient (Wildman–Crippen LogP) is 0.776. The summed E-state index contributed by atoms with van der Waals surface area (Å²) in [7, 11) is -3.58. The molecule has 1 N–H and O–H groups in total. The van der Waals surface area contributed by atoms with Crippen LogP contribution in [0.2, 0.25) is 0 Å². The summed E-state index contributed by atoms with van der Waals surface area (Å²) >= 11 is 0. The molecule has 3 saturated heterocycles. The van der Waals surface area contributed by atoms with Crippen LogP contribution in [0.1, 0.15) is 24.2 Å². The number of ether oxygens (including phenoxy) is 1. The lowest BCUT2D eigenvalue weighted by Crippen LogP contribution is -2.48. The van der Waals surface area contributed by atoms with Gasteiger partial charge in [-0.15, -0.1) is 0 Å². The van der Waals surface area contributed by atoms with Crippen LogP contribution in [0.5, 0.6) is 0 Å². The topological polar surface area (TPSA) is 79.0 Å². The quantitative estimate of drug-likeness (QED) is 0.821. The fourth-order valence-corrected chi connectivity index (χ4v) is 6.04. The summed E-state index contributed by atoms with van der Waals surface area (Å²) in [5, 5.41) is 3.37. The highest BCUT2D eigenvalue weighted by Crippen LogP contribution is 2.28. The number of benzene rings is 1. The lowest BCUT2D eigenvalue weighted by atomic mass is 10.0. The number of fused-ring (bicyclic) bond motifs is 1. The molecule has 8 heteroatoms. The molecule has 4 atom stereocenters. The van der Waals surface area contributed by atoms with Crippen LogP contribution in [-0.4, -0.2) is 75.0 Å². The molecular weight excluding hydrogens is 366 g/mol. The normalized spacial score (nSPS) is 31.9. The molecule has 0 aromatic heterocycles. The molecule has 1 aromatic rings. The van der Waals surface area contributed by atoms with Crippen molar-refractivity contribution in [3.05, 3.63) is 29.8 Å². The first-order chi connectivity index (χ1) is 12.8. The van der Waals surface area contributed by atoms with Gasteiger partial charge in [0.25, 0.3) is 5.91 Å². The van der Waals surface area contributed by atoms with Crippen LogP contribution in [0.25, 0.3) is 0 Å². The Morgan fingerprint density at radius 1 is 1.00 bits per heavy atom. The first-order valence-electron chi connectivity index (χ1n) is 9.60. The van der Waals surface area contributed by atoms with E-state index in [9.17, 15) is 13.2 Å². The standard InChI is InChI=1S/C19H27N3O4S/c1-13-9-22(10-14(2)26-13)27(24,25)18-5-3-15(4-6-18)19(23)21-11-16-7-20-8-17(16)12-21/h3-6,13-14,16-17,20H,7-12H2,1-2H3/t13?,14?,16-,17+. The molecule has 148 valence electrons. The average molecular weight is 394 g/mol. The molecule has 0 spiro atoms. The van der Waals surface area contributed by atoms with Gasteiger partial charge in [0.05, 0.1) is 17.1 Å². The fraction of sp³-hybridized carbons (Fsp3) is 0.632. The second kappa shape index (κ2) is 7.16. The second-order valence-corrected chi connectivity index (χ2v) is 9.93. The van der Waals surface area contributed by atoms with Gasteiger partial charge in [-0.25, -0.2) is 8.42 Å². The van der Waals surface area contributed by atoms with Gasteiger partial charge >= 0.3 is 0 Å². The van der Waals surface area contributed by atoms with Crippen LogP contribution in [0.4, 0.5) is 0 Å². The second-order valence-electron chi connectivity index (χ2n) is 7.99. The lowest BCUT2D eigenvalue weighted by molar-refractivity contribution is -0.0440. The van der Waals surface area contributed by atoms with Crippen LogP contribution >= 0.6 is 0 Å². The Labute approximate surface area is 160 Å². The Balaban J connectivity index is 1.47. The Kier molecular flexibility index (Phi) is 5.00. The summed E-state index contributed by atoms with van der Waals surface area (Å²) in [5.74, 6) is 1.07. The predicted molar refractivity (Wildman–Crippen MR) is 101 cm³/mol. The molecule has 4 rings (SSSR count). The summed E-state index contributed by atoms with van der Waals surface area (Å²) in [5.41, 5.74) is 0.547. The number of morpholine rings is 1. The van der Waals surface area contributed by atoms with Gasteiger partial charge in [-0.3, -0.25) is 4.79 Å². The maximum absolute atomic E-state index is 12.9. The van der Waals surface area contributed by atoms with Gasteiger partial charge in [0.15, 0.2) is 0 Å². The van der Waals surface area contributed by atoms with E-state index >= 15 is 0 Å². The number of rotatable bonds is 3. The van der Waals surface area contributed by atoms with Gasteiger partial charge < -0.3 is 15.0 Å². The lowest BCUT2D eigenvalue weighted by Gasteiger charge is -2.34. The molecule has 3 heterocycles. The van der Waals surface area contributed by atoms with Gasteiger partial charge in [0.2, 0.25) is 10.0 Å². The molecule has 7 nitrogen and oxygen atoms in total. The van der Waals surface area contributed by atoms with Crippen molar-refractivity contribution in [2.45, 2.75) is 31.0 Å². The SMILES string of the molecule is CC1CN(S(=O)(=O)c2ccc(C(=O)N3C[C@H]4CNC[C@H]4C3)cc2)CC(C)O1. The first kappa shape index (κ1) is 18.9. The number of carbonyl (C=O) groups excluding carboxylic acids is 1. The molecule has 0 saturated carbocycles. The molecule has 3 fully saturated rings. The van der Waals surface area contributed by atoms with Crippen LogP contribution < -0.4 is 5.32 Å². The molecule has 3 aliphatic heterocycles. The summed E-state index contributed by atoms with van der Waals surface area (Å²) in [4.78, 5) is 14.9. The van der Waals surface area contributed by atoms with Crippen molar-refractivity contribution in [2.75, 3.05) is 39.3 Å². The largest absolute Gasteiger partial charge is 0.373 e. The number of likely N-dealkylation sites (tertiary alicyclic amines) is 1. The number of hydrogen-bond donors (Lipinski definition) is 1. The highest BCUT2D eigenvalue weighted by Gasteiger charge is 2.38. The van der Waals surface area contributed by atoms with Gasteiger partial charge in [-0.1, -0.05) is 0 Å². The van der Waals surface area contributed by atoms with E-state index in [1.54, 1.807) is 24.3 Å². The number of carbonyl (C=O) groups is 1. The van der Waals surface area contributed by atoms with Gasteiger partial charge in [-0.05, 0) is 49.9 Å². The minimum atomic E-state index is -3.58. The third-order valence-electron chi connectivity index (χ3n) is 5.80. The van der Waals surface area contributed by atoms with E-state index in [1.165, 1.54) is 4.31 Å². The van der Waals surface area contributed by atoms with E-state index in [1.807, 2.05) is 18.7 Å². The summed E-state index contributed by atoms with van der Waals surface area (Å²) in [6, 6.07) is 6.36. The Morgan fingerprint density at radius 2 is 1.56 bits per heavy atom. The van der Waals surface area contributed by atoms with Crippen molar-refractivity contribution in [1.82, 2.24) is 14.5 Å². The van der Waals surface area contributed by atoms with Crippen molar-refractivity contribution in [3.8, 4) is 0 Å². The highest BCUT2D eigenvalue weighted by atomic mass is 32.2. The van der Waals surface area contributed by atoms with Gasteiger partial charge in [-0.2, -0.15) is 4.31 Å². The summed E-state index contributed by atoms with van der Waals surface area (Å²) in [6.07, 6.45) is -0.262. The van der Waals surface area contributed by atoms with Crippen molar-refractivity contribution < 1.29 is 17.9 Å². The molecule has 0 aliphatic carbocycles. The minimum absolute atomic E-state index is 0.0121. The zero-order valence-corrected chi connectivity index (χ0v) is 16.6. The van der Waals surface area contributed by atoms with Gasteiger partial charge in [0.1, 0.15) is 0 Å². The number of nitrogens with one attached hydrogen (secondary N) is 1. The zero-order chi connectivity index (χ0) is 19.2. The molecule has 1 aromatic carbocycles. The number of amides is 1. The van der Waals surface area contributed by atoms with E-state index in [-0.39, 0.29) is 23.0 Å². The Bertz CT molecular complexity index is 789. The highest BCUT2D eigenvalue weighted by molar-refractivity contribution is 7.89. The van der Waals surface area contributed by atoms with E-state index in [4.69, 9.17) is 4.74 Å². The third-order valence-corrected chi connectivity index (χ3v) is 7.65. The van der Waals surface area contributed by atoms with Crippen LogP contribution in [0.15, 0.2) is 29.2 Å². The van der Waals surface area contributed by atoms with E-state index in [2.05, 4.69) is 5.32 Å². The van der Waals surface area contributed by atoms with Gasteiger partial charge in [0, 0.05) is 44.8 Å². The molecule has 2 unspecified atom stereocenters. The smallest absolute Gasteiger partial charge is 0.253 e. The molecule has 27 heavy (non-hydrogen) atoms. The first-order valence-corrected chi connectivity index (χ1v) is 11.0. The number of hydrogen-bond acceptors (Lipinski definition) is 5. The minimum Gasteiger partial charge on any atom is -0.373 e. The van der Waals surface area contributed by atoms with E-state index < -0.39 is 10.0 Å². The Morgan fingerprint density at radius 3 is 2.11 bits per heavy atom. The molecule has 0 bridgehead atoms. The fourth-order valence-electron chi connectivity index (χ4n) is 4.45. The zero-order valence-electron chi connectivity index (χ0n) is 15.8. The van der Waals surface area contributed by atoms with Crippen LogP contribution in [-0.2, 0) is 14.8 Å².